The van der Waals surface area contributed by atoms with E-state index in [0.29, 0.717) is 56.5 Å². The van der Waals surface area contributed by atoms with Crippen LogP contribution in [0.25, 0.3) is 11.1 Å². The van der Waals surface area contributed by atoms with Crippen molar-refractivity contribution in [3.8, 4) is 11.1 Å². The molecule has 3 heterocycles. The summed E-state index contributed by atoms with van der Waals surface area (Å²) in [6.45, 7) is 29.4. The predicted octanol–water partition coefficient (Wildman–Crippen LogP) is 9.93. The molecule has 0 saturated heterocycles. The Hall–Kier alpha value is -4.04. The average Bonchev–Trinajstić information content (AvgIpc) is 3.84. The smallest absolute Gasteiger partial charge is 0.338 e. The standard InChI is InChI=1S/C47H73N7O6/c1-14-20-45(10,11)57-26-22-47(13,17-4)59-34-40-32-54(52-50-40)30-38-28-36(42(55)60-43(5,6)7)27-37(41(38)35-18-23-48-24-19-35)29-53-31-39(49-51-53)33-58-46(12,16-3)21-25-56-44(8,9)15-2/h18-19,23-24,27-28,31-32H,14-17,20-22,25-26,29-30,33-34H2,1-13H3. The van der Waals surface area contributed by atoms with Gasteiger partial charge in [0.1, 0.15) is 17.0 Å². The van der Waals surface area contributed by atoms with Gasteiger partial charge < -0.3 is 23.7 Å². The van der Waals surface area contributed by atoms with E-state index in [1.165, 1.54) is 0 Å². The molecule has 4 aromatic rings. The lowest BCUT2D eigenvalue weighted by Crippen LogP contribution is -2.32. The zero-order valence-electron chi connectivity index (χ0n) is 38.9. The van der Waals surface area contributed by atoms with E-state index in [2.05, 4.69) is 94.8 Å². The van der Waals surface area contributed by atoms with Crippen molar-refractivity contribution in [1.82, 2.24) is 35.0 Å². The number of pyridine rings is 1. The van der Waals surface area contributed by atoms with Gasteiger partial charge in [0, 0.05) is 12.4 Å². The van der Waals surface area contributed by atoms with Gasteiger partial charge in [0.25, 0.3) is 0 Å². The van der Waals surface area contributed by atoms with Crippen LogP contribution in [-0.2, 0) is 50.0 Å². The molecule has 2 atom stereocenters. The van der Waals surface area contributed by atoms with Crippen LogP contribution in [0, 0.1) is 0 Å². The Morgan fingerprint density at radius 3 is 1.55 bits per heavy atom. The molecule has 0 aliphatic carbocycles. The van der Waals surface area contributed by atoms with Crippen molar-refractivity contribution in [2.24, 2.45) is 0 Å². The third kappa shape index (κ3) is 15.1. The fourth-order valence-corrected chi connectivity index (χ4v) is 6.74. The van der Waals surface area contributed by atoms with Crippen molar-refractivity contribution in [1.29, 1.82) is 0 Å². The van der Waals surface area contributed by atoms with Crippen molar-refractivity contribution in [3.05, 3.63) is 77.1 Å². The quantitative estimate of drug-likeness (QED) is 0.0590. The van der Waals surface area contributed by atoms with Gasteiger partial charge in [-0.2, -0.15) is 0 Å². The minimum atomic E-state index is -0.682. The monoisotopic (exact) mass is 832 g/mol. The topological polar surface area (TPSA) is 138 Å². The zero-order chi connectivity index (χ0) is 44.2. The molecule has 1 aromatic carbocycles. The summed E-state index contributed by atoms with van der Waals surface area (Å²) in [4.78, 5) is 18.0. The first-order valence-corrected chi connectivity index (χ1v) is 21.8. The Kier molecular flexibility index (Phi) is 17.1. The molecule has 0 aliphatic rings. The molecule has 60 heavy (non-hydrogen) atoms. The van der Waals surface area contributed by atoms with E-state index in [0.717, 1.165) is 67.2 Å². The van der Waals surface area contributed by atoms with Gasteiger partial charge in [-0.05, 0) is 147 Å². The third-order valence-electron chi connectivity index (χ3n) is 11.3. The number of hydrogen-bond acceptors (Lipinski definition) is 11. The Morgan fingerprint density at radius 2 is 1.12 bits per heavy atom. The van der Waals surface area contributed by atoms with Crippen LogP contribution in [0.4, 0.5) is 0 Å². The predicted molar refractivity (Wildman–Crippen MR) is 235 cm³/mol. The normalized spacial score (nSPS) is 14.6. The molecule has 4 rings (SSSR count). The zero-order valence-corrected chi connectivity index (χ0v) is 38.9. The molecular formula is C47H73N7O6. The van der Waals surface area contributed by atoms with E-state index in [1.54, 1.807) is 21.8 Å². The van der Waals surface area contributed by atoms with Crippen LogP contribution in [0.2, 0.25) is 0 Å². The highest BCUT2D eigenvalue weighted by atomic mass is 16.6. The first kappa shape index (κ1) is 48.6. The van der Waals surface area contributed by atoms with Gasteiger partial charge in [0.2, 0.25) is 0 Å². The minimum Gasteiger partial charge on any atom is -0.456 e. The second-order valence-corrected chi connectivity index (χ2v) is 18.7. The van der Waals surface area contributed by atoms with Crippen LogP contribution in [0.1, 0.15) is 168 Å². The van der Waals surface area contributed by atoms with Crippen molar-refractivity contribution in [2.75, 3.05) is 13.2 Å². The maximum atomic E-state index is 13.7. The molecule has 0 radical (unpaired) electrons. The van der Waals surface area contributed by atoms with Crippen LogP contribution >= 0.6 is 0 Å². The van der Waals surface area contributed by atoms with Crippen molar-refractivity contribution < 1.29 is 28.5 Å². The van der Waals surface area contributed by atoms with Crippen LogP contribution in [-0.4, -0.2) is 82.2 Å². The summed E-state index contributed by atoms with van der Waals surface area (Å²) in [5, 5.41) is 18.0. The Bertz CT molecular complexity index is 1940. The number of carbonyl (C=O) groups excluding carboxylic acids is 1. The number of carbonyl (C=O) groups is 1. The van der Waals surface area contributed by atoms with Gasteiger partial charge in [-0.15, -0.1) is 10.2 Å². The number of rotatable bonds is 25. The minimum absolute atomic E-state index is 0.159. The van der Waals surface area contributed by atoms with E-state index in [4.69, 9.17) is 23.7 Å². The second kappa shape index (κ2) is 21.2. The molecule has 332 valence electrons. The first-order valence-electron chi connectivity index (χ1n) is 21.8. The number of nitrogens with zero attached hydrogens (tertiary/aromatic N) is 7. The average molecular weight is 832 g/mol. The van der Waals surface area contributed by atoms with Crippen LogP contribution in [0.5, 0.6) is 0 Å². The molecule has 13 heteroatoms. The molecule has 3 aromatic heterocycles. The van der Waals surface area contributed by atoms with E-state index in [1.807, 2.05) is 57.4 Å². The summed E-state index contributed by atoms with van der Waals surface area (Å²) in [6.07, 6.45) is 13.6. The van der Waals surface area contributed by atoms with Gasteiger partial charge in [0.05, 0.1) is 79.9 Å². The summed E-state index contributed by atoms with van der Waals surface area (Å²) in [5.41, 5.74) is 3.69. The summed E-state index contributed by atoms with van der Waals surface area (Å²) in [6, 6.07) is 7.70. The SMILES string of the molecule is CCCC(C)(C)OCCC(C)(CC)OCc1cn(Cc2cc(C(=O)OC(C)(C)C)cc(Cn3cc(COC(C)(CC)CCOC(C)(C)CC)nn3)c2-c2ccncc2)nn1. The molecule has 0 amide bonds. The van der Waals surface area contributed by atoms with Crippen LogP contribution in [0.15, 0.2) is 49.1 Å². The highest BCUT2D eigenvalue weighted by molar-refractivity contribution is 5.91. The Balaban J connectivity index is 1.60. The van der Waals surface area contributed by atoms with E-state index < -0.39 is 11.6 Å². The number of ether oxygens (including phenoxy) is 5. The van der Waals surface area contributed by atoms with Gasteiger partial charge in [-0.1, -0.05) is 44.5 Å². The third-order valence-corrected chi connectivity index (χ3v) is 11.3. The van der Waals surface area contributed by atoms with Crippen LogP contribution < -0.4 is 0 Å². The van der Waals surface area contributed by atoms with Gasteiger partial charge in [-0.3, -0.25) is 4.98 Å². The molecular weight excluding hydrogens is 759 g/mol. The summed E-state index contributed by atoms with van der Waals surface area (Å²) >= 11 is 0. The maximum absolute atomic E-state index is 13.7. The Labute approximate surface area is 359 Å². The molecule has 0 fully saturated rings. The molecule has 0 bridgehead atoms. The molecule has 0 aliphatic heterocycles. The molecule has 13 nitrogen and oxygen atoms in total. The number of esters is 1. The van der Waals surface area contributed by atoms with Crippen molar-refractivity contribution in [3.63, 3.8) is 0 Å². The lowest BCUT2D eigenvalue weighted by molar-refractivity contribution is -0.0907. The van der Waals surface area contributed by atoms with Crippen molar-refractivity contribution in [2.45, 2.75) is 189 Å². The lowest BCUT2D eigenvalue weighted by Gasteiger charge is -2.31. The van der Waals surface area contributed by atoms with Crippen molar-refractivity contribution >= 4 is 5.97 Å². The number of benzene rings is 1. The molecule has 0 N–H and O–H groups in total. The Morgan fingerprint density at radius 1 is 0.633 bits per heavy atom. The van der Waals surface area contributed by atoms with Gasteiger partial charge >= 0.3 is 5.97 Å². The highest BCUT2D eigenvalue weighted by Gasteiger charge is 2.28. The summed E-state index contributed by atoms with van der Waals surface area (Å²) < 4.78 is 34.7. The van der Waals surface area contributed by atoms with Crippen LogP contribution in [0.3, 0.4) is 0 Å². The number of hydrogen-bond donors (Lipinski definition) is 0. The van der Waals surface area contributed by atoms with E-state index >= 15 is 0 Å². The highest BCUT2D eigenvalue weighted by Crippen LogP contribution is 2.32. The number of aromatic nitrogens is 7. The molecule has 0 saturated carbocycles. The lowest BCUT2D eigenvalue weighted by atomic mass is 9.92. The maximum Gasteiger partial charge on any atom is 0.338 e. The largest absolute Gasteiger partial charge is 0.456 e. The summed E-state index contributed by atoms with van der Waals surface area (Å²) in [7, 11) is 0. The molecule has 0 spiro atoms. The fraction of sp³-hybridized carbons (Fsp3) is 0.660. The first-order chi connectivity index (χ1) is 28.2. The summed E-state index contributed by atoms with van der Waals surface area (Å²) in [5.74, 6) is -0.419. The second-order valence-electron chi connectivity index (χ2n) is 18.7. The van der Waals surface area contributed by atoms with E-state index in [-0.39, 0.29) is 22.4 Å². The van der Waals surface area contributed by atoms with Gasteiger partial charge in [-0.25, -0.2) is 14.2 Å². The van der Waals surface area contributed by atoms with Gasteiger partial charge in [0.15, 0.2) is 0 Å². The fourth-order valence-electron chi connectivity index (χ4n) is 6.74. The molecule has 2 unspecified atom stereocenters. The van der Waals surface area contributed by atoms with E-state index in [9.17, 15) is 4.79 Å².